The van der Waals surface area contributed by atoms with E-state index >= 15 is 0 Å². The van der Waals surface area contributed by atoms with Crippen molar-refractivity contribution in [2.45, 2.75) is 50.2 Å². The first kappa shape index (κ1) is 16.8. The quantitative estimate of drug-likeness (QED) is 0.842. The van der Waals surface area contributed by atoms with Crippen molar-refractivity contribution >= 4 is 21.8 Å². The Bertz CT molecular complexity index is 553. The topological polar surface area (TPSA) is 58.2 Å². The molecule has 1 aromatic rings. The number of sulfonamides is 1. The van der Waals surface area contributed by atoms with Crippen molar-refractivity contribution < 1.29 is 8.42 Å². The Kier molecular flexibility index (Phi) is 6.10. The summed E-state index contributed by atoms with van der Waals surface area (Å²) >= 11 is 1.89. The molecule has 1 aliphatic heterocycles. The smallest absolute Gasteiger partial charge is 0.241 e. The summed E-state index contributed by atoms with van der Waals surface area (Å²) in [5.41, 5.74) is 0.823. The summed E-state index contributed by atoms with van der Waals surface area (Å²) in [5.74, 6) is 2.06. The van der Waals surface area contributed by atoms with Crippen LogP contribution in [-0.2, 0) is 16.6 Å². The summed E-state index contributed by atoms with van der Waals surface area (Å²) in [6.07, 6.45) is 1.83. The fourth-order valence-corrected chi connectivity index (χ4v) is 4.98. The molecule has 2 N–H and O–H groups in total. The maximum absolute atomic E-state index is 12.6. The van der Waals surface area contributed by atoms with Gasteiger partial charge in [-0.15, -0.1) is 0 Å². The fourth-order valence-electron chi connectivity index (χ4n) is 2.32. The molecule has 1 aliphatic rings. The average molecular weight is 329 g/mol. The second-order valence-electron chi connectivity index (χ2n) is 5.65. The minimum Gasteiger partial charge on any atom is -0.310 e. The van der Waals surface area contributed by atoms with Crippen LogP contribution >= 0.6 is 11.8 Å². The predicted molar refractivity (Wildman–Crippen MR) is 89.1 cm³/mol. The molecule has 21 heavy (non-hydrogen) atoms. The summed E-state index contributed by atoms with van der Waals surface area (Å²) < 4.78 is 28.1. The van der Waals surface area contributed by atoms with E-state index in [2.05, 4.69) is 23.9 Å². The third kappa shape index (κ3) is 4.98. The highest BCUT2D eigenvalue weighted by Gasteiger charge is 2.23. The summed E-state index contributed by atoms with van der Waals surface area (Å²) in [6, 6.07) is 7.63. The van der Waals surface area contributed by atoms with E-state index in [0.717, 1.165) is 29.9 Å². The molecule has 0 atom stereocenters. The molecular weight excluding hydrogens is 304 g/mol. The van der Waals surface area contributed by atoms with Crippen LogP contribution < -0.4 is 10.0 Å². The zero-order valence-electron chi connectivity index (χ0n) is 12.6. The van der Waals surface area contributed by atoms with E-state index in [4.69, 9.17) is 0 Å². The zero-order valence-corrected chi connectivity index (χ0v) is 14.3. The highest BCUT2D eigenvalue weighted by molar-refractivity contribution is 7.99. The van der Waals surface area contributed by atoms with Gasteiger partial charge in [0.15, 0.2) is 0 Å². The molecule has 0 bridgehead atoms. The summed E-state index contributed by atoms with van der Waals surface area (Å²) in [4.78, 5) is 0.399. The fraction of sp³-hybridized carbons (Fsp3) is 0.600. The van der Waals surface area contributed by atoms with E-state index in [0.29, 0.717) is 17.5 Å². The number of benzene rings is 1. The lowest BCUT2D eigenvalue weighted by molar-refractivity contribution is 0.526. The molecule has 1 fully saturated rings. The van der Waals surface area contributed by atoms with Crippen LogP contribution in [0.1, 0.15) is 32.3 Å². The second kappa shape index (κ2) is 7.63. The lowest BCUT2D eigenvalue weighted by atomic mass is 10.2. The van der Waals surface area contributed by atoms with Crippen molar-refractivity contribution in [3.8, 4) is 0 Å². The van der Waals surface area contributed by atoms with Crippen molar-refractivity contribution in [2.75, 3.05) is 11.5 Å². The van der Waals surface area contributed by atoms with E-state index in [1.807, 2.05) is 23.9 Å². The van der Waals surface area contributed by atoms with Crippen LogP contribution in [0.15, 0.2) is 29.2 Å². The number of thioether (sulfide) groups is 1. The van der Waals surface area contributed by atoms with Crippen molar-refractivity contribution in [1.82, 2.24) is 10.0 Å². The highest BCUT2D eigenvalue weighted by atomic mass is 32.2. The third-order valence-electron chi connectivity index (χ3n) is 3.51. The second-order valence-corrected chi connectivity index (χ2v) is 8.56. The molecule has 0 radical (unpaired) electrons. The van der Waals surface area contributed by atoms with Crippen LogP contribution in [-0.4, -0.2) is 32.0 Å². The maximum atomic E-state index is 12.6. The Balaban J connectivity index is 2.14. The monoisotopic (exact) mass is 328 g/mol. The summed E-state index contributed by atoms with van der Waals surface area (Å²) in [6.45, 7) is 4.67. The Labute approximate surface area is 132 Å². The van der Waals surface area contributed by atoms with Crippen molar-refractivity contribution in [3.05, 3.63) is 29.8 Å². The standard InChI is InChI=1S/C15H24N2O2S2/c1-12(2)16-11-13-5-3-4-6-15(13)21(18,19)17-14-7-9-20-10-8-14/h3-6,12,14,16-17H,7-11H2,1-2H3. The van der Waals surface area contributed by atoms with E-state index < -0.39 is 10.0 Å². The number of rotatable bonds is 6. The van der Waals surface area contributed by atoms with Gasteiger partial charge in [-0.2, -0.15) is 11.8 Å². The largest absolute Gasteiger partial charge is 0.310 e. The minimum atomic E-state index is -3.44. The molecule has 0 spiro atoms. The number of nitrogens with one attached hydrogen (secondary N) is 2. The number of hydrogen-bond donors (Lipinski definition) is 2. The van der Waals surface area contributed by atoms with Gasteiger partial charge < -0.3 is 5.32 Å². The van der Waals surface area contributed by atoms with Crippen molar-refractivity contribution in [1.29, 1.82) is 0 Å². The van der Waals surface area contributed by atoms with E-state index in [-0.39, 0.29) is 6.04 Å². The molecule has 2 rings (SSSR count). The molecule has 4 nitrogen and oxygen atoms in total. The van der Waals surface area contributed by atoms with Gasteiger partial charge in [-0.1, -0.05) is 32.0 Å². The molecule has 0 aliphatic carbocycles. The molecule has 1 saturated heterocycles. The summed E-state index contributed by atoms with van der Waals surface area (Å²) in [5, 5.41) is 3.28. The Morgan fingerprint density at radius 2 is 1.90 bits per heavy atom. The summed E-state index contributed by atoms with van der Waals surface area (Å²) in [7, 11) is -3.44. The average Bonchev–Trinajstić information content (AvgIpc) is 2.46. The molecular formula is C15H24N2O2S2. The van der Waals surface area contributed by atoms with E-state index in [1.54, 1.807) is 12.1 Å². The van der Waals surface area contributed by atoms with Gasteiger partial charge in [0, 0.05) is 18.6 Å². The molecule has 6 heteroatoms. The first-order valence-corrected chi connectivity index (χ1v) is 10.0. The lowest BCUT2D eigenvalue weighted by Gasteiger charge is -2.23. The third-order valence-corrected chi connectivity index (χ3v) is 6.18. The maximum Gasteiger partial charge on any atom is 0.241 e. The minimum absolute atomic E-state index is 0.0716. The van der Waals surface area contributed by atoms with Gasteiger partial charge in [-0.3, -0.25) is 0 Å². The Morgan fingerprint density at radius 3 is 2.57 bits per heavy atom. The Hall–Kier alpha value is -0.560. The van der Waals surface area contributed by atoms with Crippen LogP contribution in [0.5, 0.6) is 0 Å². The van der Waals surface area contributed by atoms with E-state index in [1.165, 1.54) is 0 Å². The molecule has 0 saturated carbocycles. The SMILES string of the molecule is CC(C)NCc1ccccc1S(=O)(=O)NC1CCSCC1. The van der Waals surface area contributed by atoms with Gasteiger partial charge in [0.2, 0.25) is 10.0 Å². The molecule has 118 valence electrons. The molecule has 0 aromatic heterocycles. The van der Waals surface area contributed by atoms with Crippen molar-refractivity contribution in [3.63, 3.8) is 0 Å². The predicted octanol–water partition coefficient (Wildman–Crippen LogP) is 2.36. The van der Waals surface area contributed by atoms with E-state index in [9.17, 15) is 8.42 Å². The molecule has 1 heterocycles. The number of hydrogen-bond acceptors (Lipinski definition) is 4. The van der Waals surface area contributed by atoms with Gasteiger partial charge in [-0.25, -0.2) is 13.1 Å². The molecule has 1 aromatic carbocycles. The molecule has 0 unspecified atom stereocenters. The van der Waals surface area contributed by atoms with Gasteiger partial charge >= 0.3 is 0 Å². The van der Waals surface area contributed by atoms with Crippen molar-refractivity contribution in [2.24, 2.45) is 0 Å². The normalized spacial score (nSPS) is 17.3. The van der Waals surface area contributed by atoms with Gasteiger partial charge in [0.25, 0.3) is 0 Å². The Morgan fingerprint density at radius 1 is 1.24 bits per heavy atom. The zero-order chi connectivity index (χ0) is 15.3. The van der Waals surface area contributed by atoms with Gasteiger partial charge in [0.05, 0.1) is 4.90 Å². The molecule has 0 amide bonds. The van der Waals surface area contributed by atoms with Crippen LogP contribution in [0.2, 0.25) is 0 Å². The first-order chi connectivity index (χ1) is 9.99. The highest BCUT2D eigenvalue weighted by Crippen LogP contribution is 2.21. The van der Waals surface area contributed by atoms with Crippen LogP contribution in [0.3, 0.4) is 0 Å². The van der Waals surface area contributed by atoms with Crippen LogP contribution in [0, 0.1) is 0 Å². The van der Waals surface area contributed by atoms with Gasteiger partial charge in [0.1, 0.15) is 0 Å². The van der Waals surface area contributed by atoms with Crippen LogP contribution in [0.25, 0.3) is 0 Å². The van der Waals surface area contributed by atoms with Crippen LogP contribution in [0.4, 0.5) is 0 Å². The lowest BCUT2D eigenvalue weighted by Crippen LogP contribution is -2.38. The van der Waals surface area contributed by atoms with Gasteiger partial charge in [-0.05, 0) is 36.0 Å². The first-order valence-electron chi connectivity index (χ1n) is 7.40.